The molecule has 92 valence electrons. The van der Waals surface area contributed by atoms with Gasteiger partial charge < -0.3 is 10.1 Å². The standard InChI is InChI=1S/C14H18FNO/c15-10-3-1-6-13(7-10)17-14-8-11-4-2-5-12(9-14)16-11/h1,3,6-7,11-12,14,16H,2,4-5,8-9H2/t11-,12+,14?. The first-order valence-corrected chi connectivity index (χ1v) is 6.48. The minimum absolute atomic E-state index is 0.225. The molecule has 2 fully saturated rings. The lowest BCUT2D eigenvalue weighted by atomic mass is 9.85. The van der Waals surface area contributed by atoms with E-state index in [-0.39, 0.29) is 11.9 Å². The number of fused-ring (bicyclic) bond motifs is 2. The Bertz CT molecular complexity index is 384. The highest BCUT2D eigenvalue weighted by Gasteiger charge is 2.32. The summed E-state index contributed by atoms with van der Waals surface area (Å²) in [5.41, 5.74) is 0. The van der Waals surface area contributed by atoms with Gasteiger partial charge in [-0.05, 0) is 37.8 Å². The molecule has 0 amide bonds. The van der Waals surface area contributed by atoms with E-state index in [1.807, 2.05) is 6.07 Å². The van der Waals surface area contributed by atoms with Crippen LogP contribution in [0, 0.1) is 5.82 Å². The third-order valence-electron chi connectivity index (χ3n) is 3.77. The highest BCUT2D eigenvalue weighted by atomic mass is 19.1. The summed E-state index contributed by atoms with van der Waals surface area (Å²) < 4.78 is 19.0. The summed E-state index contributed by atoms with van der Waals surface area (Å²) in [6, 6.07) is 7.65. The predicted octanol–water partition coefficient (Wildman–Crippen LogP) is 2.88. The van der Waals surface area contributed by atoms with E-state index in [0.29, 0.717) is 17.8 Å². The normalized spacial score (nSPS) is 32.2. The quantitative estimate of drug-likeness (QED) is 0.851. The first kappa shape index (κ1) is 11.0. The summed E-state index contributed by atoms with van der Waals surface area (Å²) in [6.07, 6.45) is 6.17. The highest BCUT2D eigenvalue weighted by Crippen LogP contribution is 2.28. The van der Waals surface area contributed by atoms with Crippen LogP contribution in [0.4, 0.5) is 4.39 Å². The molecule has 3 atom stereocenters. The molecule has 1 N–H and O–H groups in total. The molecule has 2 aliphatic heterocycles. The lowest BCUT2D eigenvalue weighted by Gasteiger charge is -2.40. The molecule has 0 aromatic heterocycles. The van der Waals surface area contributed by atoms with Crippen molar-refractivity contribution in [3.8, 4) is 5.75 Å². The molecule has 0 saturated carbocycles. The van der Waals surface area contributed by atoms with Gasteiger partial charge in [-0.1, -0.05) is 12.5 Å². The minimum Gasteiger partial charge on any atom is -0.490 e. The SMILES string of the molecule is Fc1cccc(OC2C[C@H]3CCC[C@@H](C2)N3)c1. The van der Waals surface area contributed by atoms with Crippen molar-refractivity contribution in [2.45, 2.75) is 50.3 Å². The Morgan fingerprint density at radius 1 is 1.18 bits per heavy atom. The number of hydrogen-bond acceptors (Lipinski definition) is 2. The van der Waals surface area contributed by atoms with E-state index >= 15 is 0 Å². The number of benzene rings is 1. The zero-order valence-electron chi connectivity index (χ0n) is 9.86. The van der Waals surface area contributed by atoms with Crippen LogP contribution in [0.5, 0.6) is 5.75 Å². The average molecular weight is 235 g/mol. The highest BCUT2D eigenvalue weighted by molar-refractivity contribution is 5.22. The van der Waals surface area contributed by atoms with Gasteiger partial charge in [0.2, 0.25) is 0 Å². The Balaban J connectivity index is 1.65. The lowest BCUT2D eigenvalue weighted by Crippen LogP contribution is -2.51. The molecular formula is C14H18FNO. The Hall–Kier alpha value is -1.09. The van der Waals surface area contributed by atoms with Gasteiger partial charge in [-0.2, -0.15) is 0 Å². The molecule has 1 aromatic carbocycles. The summed E-state index contributed by atoms with van der Waals surface area (Å²) >= 11 is 0. The van der Waals surface area contributed by atoms with Crippen molar-refractivity contribution in [3.63, 3.8) is 0 Å². The molecule has 0 aliphatic carbocycles. The van der Waals surface area contributed by atoms with E-state index in [9.17, 15) is 4.39 Å². The first-order chi connectivity index (χ1) is 8.29. The van der Waals surface area contributed by atoms with Gasteiger partial charge in [0.05, 0.1) is 0 Å². The Morgan fingerprint density at radius 2 is 1.94 bits per heavy atom. The van der Waals surface area contributed by atoms with Crippen LogP contribution in [0.15, 0.2) is 24.3 Å². The zero-order chi connectivity index (χ0) is 11.7. The second-order valence-electron chi connectivity index (χ2n) is 5.16. The number of hydrogen-bond donors (Lipinski definition) is 1. The molecule has 3 rings (SSSR count). The van der Waals surface area contributed by atoms with Gasteiger partial charge in [0.1, 0.15) is 17.7 Å². The van der Waals surface area contributed by atoms with Crippen molar-refractivity contribution in [3.05, 3.63) is 30.1 Å². The van der Waals surface area contributed by atoms with Crippen molar-refractivity contribution in [2.75, 3.05) is 0 Å². The van der Waals surface area contributed by atoms with Crippen LogP contribution < -0.4 is 10.1 Å². The minimum atomic E-state index is -0.225. The summed E-state index contributed by atoms with van der Waals surface area (Å²) in [7, 11) is 0. The van der Waals surface area contributed by atoms with Gasteiger partial charge in [-0.25, -0.2) is 4.39 Å². The Kier molecular flexibility index (Phi) is 3.02. The van der Waals surface area contributed by atoms with Crippen molar-refractivity contribution >= 4 is 0 Å². The summed E-state index contributed by atoms with van der Waals surface area (Å²) in [6.45, 7) is 0. The second kappa shape index (κ2) is 4.65. The van der Waals surface area contributed by atoms with Crippen LogP contribution >= 0.6 is 0 Å². The van der Waals surface area contributed by atoms with E-state index < -0.39 is 0 Å². The van der Waals surface area contributed by atoms with Crippen LogP contribution in [-0.4, -0.2) is 18.2 Å². The van der Waals surface area contributed by atoms with Crippen molar-refractivity contribution in [1.29, 1.82) is 0 Å². The number of piperidine rings is 2. The third kappa shape index (κ3) is 2.60. The average Bonchev–Trinajstić information content (AvgIpc) is 2.28. The van der Waals surface area contributed by atoms with E-state index in [1.54, 1.807) is 6.07 Å². The van der Waals surface area contributed by atoms with E-state index in [0.717, 1.165) is 12.8 Å². The summed E-state index contributed by atoms with van der Waals surface area (Å²) in [4.78, 5) is 0. The van der Waals surface area contributed by atoms with E-state index in [4.69, 9.17) is 4.74 Å². The van der Waals surface area contributed by atoms with Gasteiger partial charge in [0, 0.05) is 18.2 Å². The van der Waals surface area contributed by atoms with Crippen LogP contribution in [0.3, 0.4) is 0 Å². The summed E-state index contributed by atoms with van der Waals surface area (Å²) in [5.74, 6) is 0.437. The lowest BCUT2D eigenvalue weighted by molar-refractivity contribution is 0.0925. The van der Waals surface area contributed by atoms with Gasteiger partial charge in [-0.15, -0.1) is 0 Å². The third-order valence-corrected chi connectivity index (χ3v) is 3.77. The molecule has 2 nitrogen and oxygen atoms in total. The number of rotatable bonds is 2. The topological polar surface area (TPSA) is 21.3 Å². The number of nitrogens with one attached hydrogen (secondary N) is 1. The maximum absolute atomic E-state index is 13.1. The molecule has 2 bridgehead atoms. The molecule has 2 heterocycles. The number of ether oxygens (including phenoxy) is 1. The van der Waals surface area contributed by atoms with Gasteiger partial charge in [-0.3, -0.25) is 0 Å². The zero-order valence-corrected chi connectivity index (χ0v) is 9.86. The van der Waals surface area contributed by atoms with Crippen LogP contribution in [0.25, 0.3) is 0 Å². The predicted molar refractivity (Wildman–Crippen MR) is 64.6 cm³/mol. The van der Waals surface area contributed by atoms with Crippen molar-refractivity contribution in [1.82, 2.24) is 5.32 Å². The van der Waals surface area contributed by atoms with Gasteiger partial charge in [0.15, 0.2) is 0 Å². The molecule has 1 unspecified atom stereocenters. The molecule has 3 heteroatoms. The van der Waals surface area contributed by atoms with Crippen LogP contribution in [0.1, 0.15) is 32.1 Å². The molecule has 0 spiro atoms. The fraction of sp³-hybridized carbons (Fsp3) is 0.571. The fourth-order valence-electron chi connectivity index (χ4n) is 3.04. The molecule has 2 saturated heterocycles. The monoisotopic (exact) mass is 235 g/mol. The van der Waals surface area contributed by atoms with Crippen molar-refractivity contribution in [2.24, 2.45) is 0 Å². The molecule has 2 aliphatic rings. The Morgan fingerprint density at radius 3 is 2.65 bits per heavy atom. The second-order valence-corrected chi connectivity index (χ2v) is 5.16. The Labute approximate surface area is 101 Å². The van der Waals surface area contributed by atoms with E-state index in [1.165, 1.54) is 31.4 Å². The largest absolute Gasteiger partial charge is 0.490 e. The number of halogens is 1. The van der Waals surface area contributed by atoms with Crippen LogP contribution in [-0.2, 0) is 0 Å². The first-order valence-electron chi connectivity index (χ1n) is 6.48. The van der Waals surface area contributed by atoms with Gasteiger partial charge in [0.25, 0.3) is 0 Å². The van der Waals surface area contributed by atoms with Crippen LogP contribution in [0.2, 0.25) is 0 Å². The maximum atomic E-state index is 13.1. The molecule has 17 heavy (non-hydrogen) atoms. The molecule has 1 aromatic rings. The molecular weight excluding hydrogens is 217 g/mol. The maximum Gasteiger partial charge on any atom is 0.126 e. The van der Waals surface area contributed by atoms with Crippen molar-refractivity contribution < 1.29 is 9.13 Å². The van der Waals surface area contributed by atoms with Gasteiger partial charge >= 0.3 is 0 Å². The smallest absolute Gasteiger partial charge is 0.126 e. The molecule has 0 radical (unpaired) electrons. The summed E-state index contributed by atoms with van der Waals surface area (Å²) in [5, 5.41) is 3.63. The fourth-order valence-corrected chi connectivity index (χ4v) is 3.04. The van der Waals surface area contributed by atoms with E-state index in [2.05, 4.69) is 5.32 Å².